The Morgan fingerprint density at radius 2 is 1.20 bits per heavy atom. The van der Waals surface area contributed by atoms with Crippen molar-refractivity contribution in [1.82, 2.24) is 9.44 Å². The minimum Gasteiger partial charge on any atom is -0.247 e. The highest BCUT2D eigenvalue weighted by molar-refractivity contribution is 7.72. The second-order valence-electron chi connectivity index (χ2n) is 1.07. The molecule has 0 aromatic carbocycles. The summed E-state index contributed by atoms with van der Waals surface area (Å²) in [5, 5.41) is 0. The van der Waals surface area contributed by atoms with Crippen molar-refractivity contribution in [3.63, 3.8) is 0 Å². The molecule has 0 bridgehead atoms. The largest absolute Gasteiger partial charge is 0.341 e. The molecule has 0 aliphatic heterocycles. The molecule has 0 aliphatic carbocycles. The molecule has 9 heteroatoms. The van der Waals surface area contributed by atoms with Crippen LogP contribution in [-0.4, -0.2) is 22.9 Å². The van der Waals surface area contributed by atoms with Crippen LogP contribution in [0.5, 0.6) is 0 Å². The Morgan fingerprint density at radius 1 is 0.900 bits per heavy atom. The molecule has 0 fully saturated rings. The van der Waals surface area contributed by atoms with E-state index in [1.165, 1.54) is 9.44 Å². The van der Waals surface area contributed by atoms with Gasteiger partial charge in [-0.3, -0.25) is 0 Å². The van der Waals surface area contributed by atoms with Gasteiger partial charge in [0.2, 0.25) is 21.8 Å². The first kappa shape index (κ1) is 9.17. The molecule has 0 saturated heterocycles. The van der Waals surface area contributed by atoms with Crippen LogP contribution in [0, 0.1) is 0 Å². The van der Waals surface area contributed by atoms with Gasteiger partial charge >= 0.3 is 6.03 Å². The van der Waals surface area contributed by atoms with Gasteiger partial charge in [0.15, 0.2) is 0 Å². The lowest BCUT2D eigenvalue weighted by atomic mass is 11.2. The molecule has 0 heterocycles. The minimum atomic E-state index is -3.10. The van der Waals surface area contributed by atoms with E-state index in [-0.39, 0.29) is 0 Å². The smallest absolute Gasteiger partial charge is 0.247 e. The number of hydrogen-bond donors (Lipinski definition) is 4. The number of thiol groups is 2. The summed E-state index contributed by atoms with van der Waals surface area (Å²) in [4.78, 5) is 10.1. The molecule has 0 spiro atoms. The zero-order valence-corrected chi connectivity index (χ0v) is 6.22. The molecule has 0 saturated carbocycles. The predicted octanol–water partition coefficient (Wildman–Crippen LogP) is -2.66. The average molecular weight is 188 g/mol. The molecule has 0 rings (SSSR count). The second-order valence-corrected chi connectivity index (χ2v) is 2.54. The lowest BCUT2D eigenvalue weighted by molar-refractivity contribution is 0.251. The summed E-state index contributed by atoms with van der Waals surface area (Å²) in [6, 6.07) is -1.28. The van der Waals surface area contributed by atoms with Crippen LogP contribution < -0.4 is 9.44 Å². The van der Waals surface area contributed by atoms with E-state index in [9.17, 15) is 21.6 Å². The van der Waals surface area contributed by atoms with Crippen molar-refractivity contribution < 1.29 is 21.6 Å². The van der Waals surface area contributed by atoms with E-state index < -0.39 is 27.8 Å². The third-order valence-corrected chi connectivity index (χ3v) is 1.16. The van der Waals surface area contributed by atoms with Crippen molar-refractivity contribution in [2.75, 3.05) is 0 Å². The monoisotopic (exact) mass is 188 g/mol. The highest BCUT2D eigenvalue weighted by Crippen LogP contribution is 1.61. The summed E-state index contributed by atoms with van der Waals surface area (Å²) in [5.41, 5.74) is 0. The van der Waals surface area contributed by atoms with E-state index in [4.69, 9.17) is 0 Å². The third-order valence-electron chi connectivity index (χ3n) is 0.386. The molecule has 0 radical (unpaired) electrons. The fourth-order valence-electron chi connectivity index (χ4n) is 0.191. The van der Waals surface area contributed by atoms with Gasteiger partial charge in [-0.05, 0) is 0 Å². The molecule has 10 heavy (non-hydrogen) atoms. The molecular weight excluding hydrogens is 184 g/mol. The van der Waals surface area contributed by atoms with Crippen LogP contribution in [0.2, 0.25) is 0 Å². The number of carbonyl (C=O) groups is 1. The molecule has 7 nitrogen and oxygen atoms in total. The van der Waals surface area contributed by atoms with Crippen LogP contribution in [0.25, 0.3) is 0 Å². The van der Waals surface area contributed by atoms with E-state index in [0.29, 0.717) is 0 Å². The van der Waals surface area contributed by atoms with Crippen LogP contribution >= 0.6 is 0 Å². The Morgan fingerprint density at radius 3 is 1.40 bits per heavy atom. The van der Waals surface area contributed by atoms with Crippen molar-refractivity contribution in [3.8, 4) is 0 Å². The number of carbonyl (C=O) groups excluding carboxylic acids is 1. The normalized spacial score (nSPS) is 9.80. The number of amides is 2. The quantitative estimate of drug-likeness (QED) is 0.353. The van der Waals surface area contributed by atoms with Gasteiger partial charge in [-0.2, -0.15) is 0 Å². The Labute approximate surface area is 59.6 Å². The van der Waals surface area contributed by atoms with Gasteiger partial charge < -0.3 is 0 Å². The Balaban J connectivity index is 3.88. The van der Waals surface area contributed by atoms with Crippen molar-refractivity contribution in [2.45, 2.75) is 0 Å². The van der Waals surface area contributed by atoms with Gasteiger partial charge in [-0.1, -0.05) is 0 Å². The lowest BCUT2D eigenvalue weighted by Gasteiger charge is -1.91. The first-order valence-electron chi connectivity index (χ1n) is 1.88. The summed E-state index contributed by atoms with van der Waals surface area (Å²) < 4.78 is 41.2. The van der Waals surface area contributed by atoms with Crippen molar-refractivity contribution >= 4 is 27.8 Å². The van der Waals surface area contributed by atoms with Gasteiger partial charge in [0.25, 0.3) is 0 Å². The Kier molecular flexibility index (Phi) is 3.72. The highest BCUT2D eigenvalue weighted by atomic mass is 32.2. The number of nitrogens with one attached hydrogen (secondary N) is 2. The number of hydrogen-bond acceptors (Lipinski definition) is 5. The van der Waals surface area contributed by atoms with Crippen molar-refractivity contribution in [1.29, 1.82) is 0 Å². The van der Waals surface area contributed by atoms with E-state index in [1.807, 2.05) is 0 Å². The van der Waals surface area contributed by atoms with Crippen LogP contribution in [-0.2, 0) is 21.8 Å². The minimum absolute atomic E-state index is 1.28. The summed E-state index contributed by atoms with van der Waals surface area (Å²) in [7, 11) is -6.20. The SMILES string of the molecule is O=C(N[SH](=O)=O)N[SH](=O)=O. The van der Waals surface area contributed by atoms with E-state index in [1.54, 1.807) is 0 Å². The first-order chi connectivity index (χ1) is 4.52. The summed E-state index contributed by atoms with van der Waals surface area (Å²) in [5.74, 6) is 0. The zero-order valence-electron chi connectivity index (χ0n) is 4.44. The van der Waals surface area contributed by atoms with Crippen molar-refractivity contribution in [2.24, 2.45) is 0 Å². The summed E-state index contributed by atoms with van der Waals surface area (Å²) >= 11 is 0. The van der Waals surface area contributed by atoms with Gasteiger partial charge in [0.1, 0.15) is 0 Å². The Hall–Kier alpha value is -0.830. The van der Waals surface area contributed by atoms with Crippen LogP contribution in [0.1, 0.15) is 0 Å². The predicted molar refractivity (Wildman–Crippen MR) is 32.3 cm³/mol. The molecule has 0 aromatic heterocycles. The highest BCUT2D eigenvalue weighted by Gasteiger charge is 1.97. The van der Waals surface area contributed by atoms with E-state index >= 15 is 0 Å². The maximum absolute atomic E-state index is 10.1. The maximum atomic E-state index is 10.1. The lowest BCUT2D eigenvalue weighted by Crippen LogP contribution is -2.33. The Bertz CT molecular complexity index is 221. The van der Waals surface area contributed by atoms with E-state index in [0.717, 1.165) is 0 Å². The molecule has 0 aliphatic rings. The molecule has 0 aromatic rings. The van der Waals surface area contributed by atoms with Gasteiger partial charge in [-0.25, -0.2) is 31.1 Å². The molecule has 0 unspecified atom stereocenters. The standard InChI is InChI=1S/CH4N2O5S2/c4-1(2-9(5)6)3-10(7)8/h9-10H,(H2,2,3,4,5,6,7,8). The summed E-state index contributed by atoms with van der Waals surface area (Å²) in [6.07, 6.45) is 0. The zero-order chi connectivity index (χ0) is 8.15. The number of urea groups is 1. The molecular formula is CH4N2O5S2. The van der Waals surface area contributed by atoms with Gasteiger partial charge in [0.05, 0.1) is 0 Å². The average Bonchev–Trinajstić information content (AvgIpc) is 1.58. The van der Waals surface area contributed by atoms with E-state index in [2.05, 4.69) is 0 Å². The fraction of sp³-hybridized carbons (Fsp3) is 0. The molecule has 2 amide bonds. The van der Waals surface area contributed by atoms with Gasteiger partial charge in [-0.15, -0.1) is 0 Å². The maximum Gasteiger partial charge on any atom is 0.341 e. The van der Waals surface area contributed by atoms with Crippen LogP contribution in [0.15, 0.2) is 0 Å². The topological polar surface area (TPSA) is 109 Å². The third kappa shape index (κ3) is 5.31. The second kappa shape index (κ2) is 4.06. The first-order valence-corrected chi connectivity index (χ1v) is 4.24. The van der Waals surface area contributed by atoms with Crippen molar-refractivity contribution in [3.05, 3.63) is 0 Å². The summed E-state index contributed by atoms with van der Waals surface area (Å²) in [6.45, 7) is 0. The molecule has 0 atom stereocenters. The van der Waals surface area contributed by atoms with Crippen LogP contribution in [0.4, 0.5) is 4.79 Å². The molecule has 60 valence electrons. The van der Waals surface area contributed by atoms with Crippen LogP contribution in [0.3, 0.4) is 0 Å². The molecule has 2 N–H and O–H groups in total. The van der Waals surface area contributed by atoms with Gasteiger partial charge in [0, 0.05) is 0 Å². The number of rotatable bonds is 2. The fourth-order valence-corrected chi connectivity index (χ4v) is 0.722.